The molecule has 1 atom stereocenters. The van der Waals surface area contributed by atoms with Crippen LogP contribution in [0.4, 0.5) is 0 Å². The molecule has 0 radical (unpaired) electrons. The molecule has 1 amide bonds. The summed E-state index contributed by atoms with van der Waals surface area (Å²) in [5.41, 5.74) is 2.39. The molecule has 4 aromatic rings. The summed E-state index contributed by atoms with van der Waals surface area (Å²) < 4.78 is 7.27. The quantitative estimate of drug-likeness (QED) is 0.528. The van der Waals surface area contributed by atoms with Gasteiger partial charge in [-0.2, -0.15) is 9.61 Å². The number of nitrogens with one attached hydrogen (secondary N) is 1. The molecule has 4 rings (SSSR count). The van der Waals surface area contributed by atoms with E-state index in [0.29, 0.717) is 22.2 Å². The molecule has 1 N–H and O–H groups in total. The first-order chi connectivity index (χ1) is 14.1. The van der Waals surface area contributed by atoms with Gasteiger partial charge in [0, 0.05) is 10.6 Å². The molecule has 2 heterocycles. The SMILES string of the molecule is C[C@@H](Oc1cccc(Cl)c1)C(=O)NCc1nnc2ccc(-c3ccccc3)nn12. The average molecular weight is 408 g/mol. The number of amides is 1. The number of rotatable bonds is 6. The Hall–Kier alpha value is -3.45. The zero-order chi connectivity index (χ0) is 20.2. The summed E-state index contributed by atoms with van der Waals surface area (Å²) in [5.74, 6) is 0.782. The Morgan fingerprint density at radius 3 is 2.72 bits per heavy atom. The van der Waals surface area contributed by atoms with Crippen LogP contribution in [0, 0.1) is 0 Å². The lowest BCUT2D eigenvalue weighted by Gasteiger charge is -2.14. The third-order valence-corrected chi connectivity index (χ3v) is 4.53. The van der Waals surface area contributed by atoms with E-state index in [0.717, 1.165) is 11.3 Å². The summed E-state index contributed by atoms with van der Waals surface area (Å²) in [6.07, 6.45) is -0.694. The fourth-order valence-corrected chi connectivity index (χ4v) is 2.99. The summed E-state index contributed by atoms with van der Waals surface area (Å²) in [5, 5.41) is 16.2. The van der Waals surface area contributed by atoms with Crippen LogP contribution in [-0.2, 0) is 11.3 Å². The van der Waals surface area contributed by atoms with Gasteiger partial charge in [-0.15, -0.1) is 10.2 Å². The van der Waals surface area contributed by atoms with Crippen molar-refractivity contribution in [2.45, 2.75) is 19.6 Å². The highest BCUT2D eigenvalue weighted by molar-refractivity contribution is 6.30. The van der Waals surface area contributed by atoms with Gasteiger partial charge in [-0.1, -0.05) is 48.0 Å². The Morgan fingerprint density at radius 2 is 1.93 bits per heavy atom. The molecule has 0 aliphatic heterocycles. The molecule has 0 bridgehead atoms. The maximum absolute atomic E-state index is 12.4. The first-order valence-electron chi connectivity index (χ1n) is 9.07. The second-order valence-corrected chi connectivity index (χ2v) is 6.84. The van der Waals surface area contributed by atoms with Crippen molar-refractivity contribution in [2.75, 3.05) is 0 Å². The molecular weight excluding hydrogens is 390 g/mol. The van der Waals surface area contributed by atoms with Crippen LogP contribution in [-0.4, -0.2) is 31.8 Å². The van der Waals surface area contributed by atoms with Crippen LogP contribution < -0.4 is 10.1 Å². The lowest BCUT2D eigenvalue weighted by Crippen LogP contribution is -2.36. The van der Waals surface area contributed by atoms with Gasteiger partial charge in [-0.25, -0.2) is 0 Å². The summed E-state index contributed by atoms with van der Waals surface area (Å²) in [6, 6.07) is 20.5. The molecule has 2 aromatic carbocycles. The van der Waals surface area contributed by atoms with E-state index in [2.05, 4.69) is 20.6 Å². The smallest absolute Gasteiger partial charge is 0.261 e. The molecule has 0 spiro atoms. The Balaban J connectivity index is 1.45. The molecule has 2 aromatic heterocycles. The van der Waals surface area contributed by atoms with E-state index in [9.17, 15) is 4.79 Å². The van der Waals surface area contributed by atoms with Crippen LogP contribution in [0.15, 0.2) is 66.7 Å². The van der Waals surface area contributed by atoms with E-state index in [4.69, 9.17) is 16.3 Å². The molecular formula is C21H18ClN5O2. The second-order valence-electron chi connectivity index (χ2n) is 6.41. The lowest BCUT2D eigenvalue weighted by atomic mass is 10.1. The fourth-order valence-electron chi connectivity index (χ4n) is 2.81. The number of carbonyl (C=O) groups excluding carboxylic acids is 1. The van der Waals surface area contributed by atoms with Gasteiger partial charge in [0.05, 0.1) is 12.2 Å². The normalized spacial score (nSPS) is 11.9. The Morgan fingerprint density at radius 1 is 1.10 bits per heavy atom. The molecule has 29 heavy (non-hydrogen) atoms. The maximum Gasteiger partial charge on any atom is 0.261 e. The monoisotopic (exact) mass is 407 g/mol. The Bertz CT molecular complexity index is 1150. The van der Waals surface area contributed by atoms with Gasteiger partial charge in [0.25, 0.3) is 5.91 Å². The minimum atomic E-state index is -0.694. The Kier molecular flexibility index (Phi) is 5.39. The molecule has 0 saturated carbocycles. The summed E-state index contributed by atoms with van der Waals surface area (Å²) in [7, 11) is 0. The van der Waals surface area contributed by atoms with E-state index >= 15 is 0 Å². The van der Waals surface area contributed by atoms with Crippen LogP contribution in [0.5, 0.6) is 5.75 Å². The van der Waals surface area contributed by atoms with E-state index in [-0.39, 0.29) is 12.5 Å². The predicted octanol–water partition coefficient (Wildman–Crippen LogP) is 3.53. The van der Waals surface area contributed by atoms with Crippen molar-refractivity contribution in [3.63, 3.8) is 0 Å². The number of carbonyl (C=O) groups is 1. The molecule has 0 saturated heterocycles. The topological polar surface area (TPSA) is 81.4 Å². The summed E-state index contributed by atoms with van der Waals surface area (Å²) >= 11 is 5.94. The number of ether oxygens (including phenoxy) is 1. The third kappa shape index (κ3) is 4.35. The minimum Gasteiger partial charge on any atom is -0.481 e. The number of hydrogen-bond donors (Lipinski definition) is 1. The number of benzene rings is 2. The van der Waals surface area contributed by atoms with Gasteiger partial charge < -0.3 is 10.1 Å². The molecule has 0 unspecified atom stereocenters. The zero-order valence-electron chi connectivity index (χ0n) is 15.6. The van der Waals surface area contributed by atoms with Crippen molar-refractivity contribution in [3.05, 3.63) is 77.6 Å². The van der Waals surface area contributed by atoms with E-state index in [1.807, 2.05) is 42.5 Å². The number of halogens is 1. The average Bonchev–Trinajstić information content (AvgIpc) is 3.15. The van der Waals surface area contributed by atoms with Gasteiger partial charge in [-0.3, -0.25) is 4.79 Å². The zero-order valence-corrected chi connectivity index (χ0v) is 16.4. The molecule has 0 fully saturated rings. The highest BCUT2D eigenvalue weighted by Gasteiger charge is 2.16. The van der Waals surface area contributed by atoms with Crippen LogP contribution in [0.3, 0.4) is 0 Å². The Labute approximate surface area is 172 Å². The highest BCUT2D eigenvalue weighted by atomic mass is 35.5. The number of fused-ring (bicyclic) bond motifs is 1. The van der Waals surface area contributed by atoms with Gasteiger partial charge >= 0.3 is 0 Å². The van der Waals surface area contributed by atoms with Gasteiger partial charge in [0.15, 0.2) is 17.6 Å². The summed E-state index contributed by atoms with van der Waals surface area (Å²) in [6.45, 7) is 1.85. The van der Waals surface area contributed by atoms with E-state index in [1.54, 1.807) is 35.7 Å². The van der Waals surface area contributed by atoms with Crippen LogP contribution in [0.2, 0.25) is 5.02 Å². The number of nitrogens with zero attached hydrogens (tertiary/aromatic N) is 4. The van der Waals surface area contributed by atoms with Crippen molar-refractivity contribution in [1.29, 1.82) is 0 Å². The molecule has 0 aliphatic rings. The third-order valence-electron chi connectivity index (χ3n) is 4.30. The van der Waals surface area contributed by atoms with E-state index in [1.165, 1.54) is 0 Å². The van der Waals surface area contributed by atoms with Crippen molar-refractivity contribution >= 4 is 23.2 Å². The minimum absolute atomic E-state index is 0.175. The molecule has 0 aliphatic carbocycles. The standard InChI is InChI=1S/C21H18ClN5O2/c1-14(29-17-9-5-8-16(22)12-17)21(28)23-13-20-25-24-19-11-10-18(26-27(19)20)15-6-3-2-4-7-15/h2-12,14H,13H2,1H3,(H,23,28)/t14-/m1/s1. The van der Waals surface area contributed by atoms with Crippen molar-refractivity contribution < 1.29 is 9.53 Å². The largest absolute Gasteiger partial charge is 0.481 e. The number of aromatic nitrogens is 4. The van der Waals surface area contributed by atoms with Crippen LogP contribution >= 0.6 is 11.6 Å². The maximum atomic E-state index is 12.4. The highest BCUT2D eigenvalue weighted by Crippen LogP contribution is 2.19. The molecule has 8 heteroatoms. The van der Waals surface area contributed by atoms with Crippen molar-refractivity contribution in [1.82, 2.24) is 25.1 Å². The second kappa shape index (κ2) is 8.28. The van der Waals surface area contributed by atoms with Crippen molar-refractivity contribution in [2.24, 2.45) is 0 Å². The lowest BCUT2D eigenvalue weighted by molar-refractivity contribution is -0.127. The molecule has 146 valence electrons. The summed E-state index contributed by atoms with van der Waals surface area (Å²) in [4.78, 5) is 12.4. The first kappa shape index (κ1) is 18.9. The van der Waals surface area contributed by atoms with Gasteiger partial charge in [0.1, 0.15) is 5.75 Å². The predicted molar refractivity (Wildman–Crippen MR) is 110 cm³/mol. The molecule has 7 nitrogen and oxygen atoms in total. The number of hydrogen-bond acceptors (Lipinski definition) is 5. The first-order valence-corrected chi connectivity index (χ1v) is 9.44. The van der Waals surface area contributed by atoms with E-state index < -0.39 is 6.10 Å². The van der Waals surface area contributed by atoms with Crippen LogP contribution in [0.1, 0.15) is 12.7 Å². The van der Waals surface area contributed by atoms with Gasteiger partial charge in [-0.05, 0) is 37.3 Å². The van der Waals surface area contributed by atoms with Crippen LogP contribution in [0.25, 0.3) is 16.9 Å². The fraction of sp³-hybridized carbons (Fsp3) is 0.143. The van der Waals surface area contributed by atoms with Crippen molar-refractivity contribution in [3.8, 4) is 17.0 Å². The van der Waals surface area contributed by atoms with Gasteiger partial charge in [0.2, 0.25) is 0 Å².